The van der Waals surface area contributed by atoms with Gasteiger partial charge in [0, 0.05) is 16.1 Å². The van der Waals surface area contributed by atoms with Crippen LogP contribution in [0.25, 0.3) is 5.76 Å². The van der Waals surface area contributed by atoms with Gasteiger partial charge < -0.3 is 5.11 Å². The van der Waals surface area contributed by atoms with E-state index in [0.29, 0.717) is 11.1 Å². The number of aliphatic hydroxyl groups is 1. The number of Topliss-reactive ketones (excluding diaryl/α,β-unsaturated/α-hetero) is 1. The van der Waals surface area contributed by atoms with Crippen molar-refractivity contribution in [3.8, 4) is 0 Å². The molecule has 0 spiro atoms. The van der Waals surface area contributed by atoms with Gasteiger partial charge in [-0.3, -0.25) is 14.5 Å². The summed E-state index contributed by atoms with van der Waals surface area (Å²) in [5, 5.41) is 11.0. The minimum Gasteiger partial charge on any atom is -0.507 e. The first-order valence-corrected chi connectivity index (χ1v) is 10.2. The topological polar surface area (TPSA) is 57.6 Å². The third-order valence-corrected chi connectivity index (χ3v) is 6.05. The van der Waals surface area contributed by atoms with Crippen molar-refractivity contribution in [2.24, 2.45) is 0 Å². The van der Waals surface area contributed by atoms with Crippen LogP contribution in [0, 0.1) is 18.6 Å². The highest BCUT2D eigenvalue weighted by Gasteiger charge is 2.47. The summed E-state index contributed by atoms with van der Waals surface area (Å²) in [5.41, 5.74) is 1.05. The normalized spacial score (nSPS) is 17.9. The van der Waals surface area contributed by atoms with Crippen molar-refractivity contribution in [3.05, 3.63) is 105 Å². The quantitative estimate of drug-likeness (QED) is 0.297. The van der Waals surface area contributed by atoms with Gasteiger partial charge in [0.15, 0.2) is 0 Å². The average molecular weight is 484 g/mol. The monoisotopic (exact) mass is 483 g/mol. The van der Waals surface area contributed by atoms with Gasteiger partial charge in [-0.2, -0.15) is 0 Å². The van der Waals surface area contributed by atoms with Crippen molar-refractivity contribution < 1.29 is 23.5 Å². The average Bonchev–Trinajstić information content (AvgIpc) is 3.02. The maximum atomic E-state index is 14.6. The molecule has 1 N–H and O–H groups in total. The zero-order valence-corrected chi connectivity index (χ0v) is 17.9. The zero-order valence-electron chi connectivity index (χ0n) is 16.3. The SMILES string of the molecule is Cc1cc(/C(O)=C2\C(=O)C(=O)N(c3cc(F)ccc3F)C2c2ccccc2)ccc1Br. The molecule has 1 heterocycles. The fraction of sp³-hybridized carbons (Fsp3) is 0.0833. The molecule has 1 unspecified atom stereocenters. The number of rotatable bonds is 3. The van der Waals surface area contributed by atoms with E-state index in [1.54, 1.807) is 48.5 Å². The molecule has 7 heteroatoms. The van der Waals surface area contributed by atoms with Crippen LogP contribution in [0.2, 0.25) is 0 Å². The summed E-state index contributed by atoms with van der Waals surface area (Å²) in [6.07, 6.45) is 0. The number of nitrogens with zero attached hydrogens (tertiary/aromatic N) is 1. The fourth-order valence-electron chi connectivity index (χ4n) is 3.65. The molecule has 3 aromatic rings. The molecular formula is C24H16BrF2NO3. The van der Waals surface area contributed by atoms with Crippen molar-refractivity contribution in [2.45, 2.75) is 13.0 Å². The van der Waals surface area contributed by atoms with E-state index in [2.05, 4.69) is 15.9 Å². The summed E-state index contributed by atoms with van der Waals surface area (Å²) < 4.78 is 29.3. The number of anilines is 1. The predicted octanol–water partition coefficient (Wildman–Crippen LogP) is 5.66. The lowest BCUT2D eigenvalue weighted by atomic mass is 9.94. The Morgan fingerprint density at radius 2 is 1.71 bits per heavy atom. The number of hydrogen-bond acceptors (Lipinski definition) is 3. The molecule has 1 aliphatic heterocycles. The van der Waals surface area contributed by atoms with E-state index >= 15 is 0 Å². The molecule has 1 fully saturated rings. The smallest absolute Gasteiger partial charge is 0.300 e. The number of halogens is 3. The standard InChI is InChI=1S/C24H16BrF2NO3/c1-13-11-15(7-9-17(13)25)22(29)20-21(14-5-3-2-4-6-14)28(24(31)23(20)30)19-12-16(26)8-10-18(19)27/h2-12,21,29H,1H3/b22-20+. The van der Waals surface area contributed by atoms with Crippen LogP contribution in [0.3, 0.4) is 0 Å². The number of benzene rings is 3. The van der Waals surface area contributed by atoms with Crippen molar-refractivity contribution in [3.63, 3.8) is 0 Å². The van der Waals surface area contributed by atoms with Gasteiger partial charge in [0.1, 0.15) is 17.4 Å². The third-order valence-electron chi connectivity index (χ3n) is 5.16. The van der Waals surface area contributed by atoms with Gasteiger partial charge >= 0.3 is 0 Å². The highest BCUT2D eigenvalue weighted by Crippen LogP contribution is 2.43. The van der Waals surface area contributed by atoms with E-state index in [9.17, 15) is 23.5 Å². The number of aryl methyl sites for hydroxylation is 1. The Morgan fingerprint density at radius 3 is 2.39 bits per heavy atom. The van der Waals surface area contributed by atoms with E-state index in [-0.39, 0.29) is 17.0 Å². The number of carbonyl (C=O) groups excluding carboxylic acids is 2. The van der Waals surface area contributed by atoms with Gasteiger partial charge in [0.25, 0.3) is 11.7 Å². The molecule has 0 bridgehead atoms. The number of hydrogen-bond donors (Lipinski definition) is 1. The predicted molar refractivity (Wildman–Crippen MR) is 116 cm³/mol. The Labute approximate surface area is 185 Å². The lowest BCUT2D eigenvalue weighted by Crippen LogP contribution is -2.30. The molecule has 1 saturated heterocycles. The highest BCUT2D eigenvalue weighted by atomic mass is 79.9. The number of carbonyl (C=O) groups is 2. The van der Waals surface area contributed by atoms with Gasteiger partial charge in [0.2, 0.25) is 0 Å². The molecule has 1 amide bonds. The van der Waals surface area contributed by atoms with Crippen LogP contribution in [0.4, 0.5) is 14.5 Å². The summed E-state index contributed by atoms with van der Waals surface area (Å²) in [7, 11) is 0. The molecule has 3 aromatic carbocycles. The molecule has 0 aliphatic carbocycles. The molecule has 156 valence electrons. The van der Waals surface area contributed by atoms with E-state index in [1.807, 2.05) is 6.92 Å². The van der Waals surface area contributed by atoms with Crippen LogP contribution < -0.4 is 4.90 Å². The molecule has 4 nitrogen and oxygen atoms in total. The molecular weight excluding hydrogens is 468 g/mol. The van der Waals surface area contributed by atoms with Crippen LogP contribution in [-0.2, 0) is 9.59 Å². The Balaban J connectivity index is 1.98. The Bertz CT molecular complexity index is 1240. The van der Waals surface area contributed by atoms with Crippen LogP contribution in [0.15, 0.2) is 76.8 Å². The highest BCUT2D eigenvalue weighted by molar-refractivity contribution is 9.10. The van der Waals surface area contributed by atoms with Gasteiger partial charge in [0.05, 0.1) is 17.3 Å². The first kappa shape index (κ1) is 20.9. The van der Waals surface area contributed by atoms with E-state index < -0.39 is 29.4 Å². The van der Waals surface area contributed by atoms with E-state index in [1.165, 1.54) is 0 Å². The summed E-state index contributed by atoms with van der Waals surface area (Å²) >= 11 is 3.38. The second-order valence-electron chi connectivity index (χ2n) is 7.14. The van der Waals surface area contributed by atoms with Crippen LogP contribution >= 0.6 is 15.9 Å². The number of ketones is 1. The second kappa shape index (κ2) is 8.07. The Morgan fingerprint density at radius 1 is 1.00 bits per heavy atom. The van der Waals surface area contributed by atoms with Crippen LogP contribution in [0.5, 0.6) is 0 Å². The van der Waals surface area contributed by atoms with Crippen LogP contribution in [0.1, 0.15) is 22.7 Å². The minimum absolute atomic E-state index is 0.193. The lowest BCUT2D eigenvalue weighted by molar-refractivity contribution is -0.132. The maximum absolute atomic E-state index is 14.6. The first-order chi connectivity index (χ1) is 14.8. The van der Waals surface area contributed by atoms with Gasteiger partial charge in [-0.1, -0.05) is 52.3 Å². The summed E-state index contributed by atoms with van der Waals surface area (Å²) in [5.74, 6) is -4.02. The largest absolute Gasteiger partial charge is 0.507 e. The van der Waals surface area contributed by atoms with Crippen molar-refractivity contribution in [2.75, 3.05) is 4.90 Å². The Hall–Kier alpha value is -3.32. The molecule has 0 aromatic heterocycles. The summed E-state index contributed by atoms with van der Waals surface area (Å²) in [6, 6.07) is 15.0. The second-order valence-corrected chi connectivity index (χ2v) is 7.99. The Kier molecular flexibility index (Phi) is 5.45. The van der Waals surface area contributed by atoms with Crippen molar-refractivity contribution in [1.82, 2.24) is 0 Å². The van der Waals surface area contributed by atoms with Crippen LogP contribution in [-0.4, -0.2) is 16.8 Å². The summed E-state index contributed by atoms with van der Waals surface area (Å²) in [6.45, 7) is 1.82. The molecule has 0 radical (unpaired) electrons. The van der Waals surface area contributed by atoms with E-state index in [4.69, 9.17) is 0 Å². The van der Waals surface area contributed by atoms with E-state index in [0.717, 1.165) is 33.1 Å². The lowest BCUT2D eigenvalue weighted by Gasteiger charge is -2.25. The molecule has 0 saturated carbocycles. The van der Waals surface area contributed by atoms with Gasteiger partial charge in [-0.15, -0.1) is 0 Å². The number of amides is 1. The molecule has 31 heavy (non-hydrogen) atoms. The van der Waals surface area contributed by atoms with Crippen molar-refractivity contribution >= 4 is 39.1 Å². The zero-order chi connectivity index (χ0) is 22.3. The third kappa shape index (κ3) is 3.65. The minimum atomic E-state index is -1.12. The van der Waals surface area contributed by atoms with Crippen molar-refractivity contribution in [1.29, 1.82) is 0 Å². The summed E-state index contributed by atoms with van der Waals surface area (Å²) in [4.78, 5) is 26.9. The first-order valence-electron chi connectivity index (χ1n) is 9.37. The molecule has 4 rings (SSSR count). The van der Waals surface area contributed by atoms with Gasteiger partial charge in [-0.25, -0.2) is 8.78 Å². The van der Waals surface area contributed by atoms with Gasteiger partial charge in [-0.05, 0) is 42.3 Å². The molecule has 1 atom stereocenters. The fourth-order valence-corrected chi connectivity index (χ4v) is 3.90. The number of aliphatic hydroxyl groups excluding tert-OH is 1. The molecule has 1 aliphatic rings. The maximum Gasteiger partial charge on any atom is 0.300 e.